The normalized spacial score (nSPS) is 25.0. The first kappa shape index (κ1) is 21.3. The van der Waals surface area contributed by atoms with Crippen molar-refractivity contribution in [1.29, 1.82) is 0 Å². The number of piperidine rings is 1. The van der Waals surface area contributed by atoms with E-state index in [2.05, 4.69) is 46.3 Å². The van der Waals surface area contributed by atoms with E-state index < -0.39 is 6.10 Å². The van der Waals surface area contributed by atoms with Crippen LogP contribution < -0.4 is 5.32 Å². The number of aryl methyl sites for hydroxylation is 3. The Morgan fingerprint density at radius 1 is 1.19 bits per heavy atom. The lowest BCUT2D eigenvalue weighted by molar-refractivity contribution is -0.00214. The number of nitrogens with zero attached hydrogens (tertiary/aromatic N) is 5. The van der Waals surface area contributed by atoms with Gasteiger partial charge in [-0.2, -0.15) is 5.10 Å². The topological polar surface area (TPSA) is 88.3 Å². The molecule has 2 aliphatic heterocycles. The molecule has 0 bridgehead atoms. The lowest BCUT2D eigenvalue weighted by Gasteiger charge is -2.43. The molecule has 8 heteroatoms. The maximum atomic E-state index is 10.4. The highest BCUT2D eigenvalue weighted by Gasteiger charge is 2.44. The van der Waals surface area contributed by atoms with Gasteiger partial charge in [0, 0.05) is 24.7 Å². The SMILES string of the molecule is Cc1cc(Nc2ncc3cc(C)c(C4CCN([C@]5(C)COCC5O)CC4)cc3n2)n(C)n1. The minimum absolute atomic E-state index is 0.263. The molecule has 170 valence electrons. The molecule has 2 atom stereocenters. The van der Waals surface area contributed by atoms with Crippen LogP contribution in [-0.2, 0) is 11.8 Å². The maximum absolute atomic E-state index is 10.4. The Balaban J connectivity index is 1.36. The van der Waals surface area contributed by atoms with Crippen molar-refractivity contribution in [3.63, 3.8) is 0 Å². The standard InChI is InChI=1S/C24H32N6O2/c1-15-9-18-12-25-23(27-22-10-16(2)28-29(22)4)26-20(18)11-19(15)17-5-7-30(8-6-17)24(3)14-32-13-21(24)31/h9-12,17,21,31H,5-8,13-14H2,1-4H3,(H,25,26,27)/t21?,24-/m1/s1. The third-order valence-electron chi connectivity index (χ3n) is 7.25. The van der Waals surface area contributed by atoms with Crippen LogP contribution in [0.3, 0.4) is 0 Å². The number of anilines is 2. The molecular formula is C24H32N6O2. The summed E-state index contributed by atoms with van der Waals surface area (Å²) in [6.45, 7) is 9.26. The van der Waals surface area contributed by atoms with Crippen molar-refractivity contribution in [1.82, 2.24) is 24.6 Å². The molecule has 0 radical (unpaired) electrons. The molecule has 2 N–H and O–H groups in total. The largest absolute Gasteiger partial charge is 0.389 e. The van der Waals surface area contributed by atoms with Gasteiger partial charge in [0.1, 0.15) is 5.82 Å². The van der Waals surface area contributed by atoms with Gasteiger partial charge in [0.05, 0.1) is 36.1 Å². The van der Waals surface area contributed by atoms with Crippen LogP contribution in [0.2, 0.25) is 0 Å². The molecular weight excluding hydrogens is 404 g/mol. The fraction of sp³-hybridized carbons (Fsp3) is 0.542. The average Bonchev–Trinajstić information content (AvgIpc) is 3.28. The number of aliphatic hydroxyl groups excluding tert-OH is 1. The molecule has 0 aliphatic carbocycles. The molecule has 1 aromatic carbocycles. The Bertz CT molecular complexity index is 1140. The van der Waals surface area contributed by atoms with E-state index in [1.165, 1.54) is 11.1 Å². The Morgan fingerprint density at radius 3 is 2.62 bits per heavy atom. The first-order chi connectivity index (χ1) is 15.3. The van der Waals surface area contributed by atoms with E-state index in [0.717, 1.165) is 48.3 Å². The Hall–Kier alpha value is -2.55. The molecule has 5 rings (SSSR count). The summed E-state index contributed by atoms with van der Waals surface area (Å²) >= 11 is 0. The van der Waals surface area contributed by atoms with Crippen molar-refractivity contribution in [3.05, 3.63) is 41.2 Å². The van der Waals surface area contributed by atoms with Crippen LogP contribution in [0.4, 0.5) is 11.8 Å². The molecule has 32 heavy (non-hydrogen) atoms. The molecule has 1 unspecified atom stereocenters. The number of hydrogen-bond acceptors (Lipinski definition) is 7. The fourth-order valence-corrected chi connectivity index (χ4v) is 5.21. The Kier molecular flexibility index (Phi) is 5.39. The number of fused-ring (bicyclic) bond motifs is 1. The van der Waals surface area contributed by atoms with E-state index in [4.69, 9.17) is 9.72 Å². The lowest BCUT2D eigenvalue weighted by Crippen LogP contribution is -2.56. The number of aromatic nitrogens is 4. The summed E-state index contributed by atoms with van der Waals surface area (Å²) < 4.78 is 7.35. The second-order valence-corrected chi connectivity index (χ2v) is 9.53. The second kappa shape index (κ2) is 8.10. The van der Waals surface area contributed by atoms with Gasteiger partial charge in [-0.15, -0.1) is 0 Å². The predicted octanol–water partition coefficient (Wildman–Crippen LogP) is 3.05. The molecule has 2 aromatic heterocycles. The third-order valence-corrected chi connectivity index (χ3v) is 7.25. The third kappa shape index (κ3) is 3.76. The molecule has 2 saturated heterocycles. The van der Waals surface area contributed by atoms with E-state index in [9.17, 15) is 5.11 Å². The van der Waals surface area contributed by atoms with Crippen LogP contribution in [0.15, 0.2) is 24.4 Å². The summed E-state index contributed by atoms with van der Waals surface area (Å²) in [5.41, 5.74) is 4.30. The van der Waals surface area contributed by atoms with Gasteiger partial charge >= 0.3 is 0 Å². The zero-order valence-corrected chi connectivity index (χ0v) is 19.3. The highest BCUT2D eigenvalue weighted by atomic mass is 16.5. The predicted molar refractivity (Wildman–Crippen MR) is 124 cm³/mol. The molecule has 8 nitrogen and oxygen atoms in total. The fourth-order valence-electron chi connectivity index (χ4n) is 5.21. The van der Waals surface area contributed by atoms with Crippen molar-refractivity contribution in [2.45, 2.75) is 51.2 Å². The quantitative estimate of drug-likeness (QED) is 0.650. The van der Waals surface area contributed by atoms with Crippen molar-refractivity contribution < 1.29 is 9.84 Å². The van der Waals surface area contributed by atoms with E-state index >= 15 is 0 Å². The second-order valence-electron chi connectivity index (χ2n) is 9.53. The number of ether oxygens (including phenoxy) is 1. The van der Waals surface area contributed by atoms with Crippen LogP contribution in [0.1, 0.15) is 42.5 Å². The minimum atomic E-state index is -0.410. The summed E-state index contributed by atoms with van der Waals surface area (Å²) in [5.74, 6) is 1.94. The number of aliphatic hydroxyl groups is 1. The number of nitrogens with one attached hydrogen (secondary N) is 1. The molecule has 2 aliphatic rings. The van der Waals surface area contributed by atoms with Crippen molar-refractivity contribution >= 4 is 22.7 Å². The number of likely N-dealkylation sites (tertiary alicyclic amines) is 1. The zero-order valence-electron chi connectivity index (χ0n) is 19.3. The van der Waals surface area contributed by atoms with Crippen molar-refractivity contribution in [3.8, 4) is 0 Å². The maximum Gasteiger partial charge on any atom is 0.228 e. The van der Waals surface area contributed by atoms with Gasteiger partial charge in [-0.3, -0.25) is 9.58 Å². The molecule has 3 aromatic rings. The van der Waals surface area contributed by atoms with Crippen LogP contribution in [0.25, 0.3) is 10.9 Å². The van der Waals surface area contributed by atoms with E-state index in [1.54, 1.807) is 4.68 Å². The van der Waals surface area contributed by atoms with Crippen LogP contribution >= 0.6 is 0 Å². The number of hydrogen-bond donors (Lipinski definition) is 2. The highest BCUT2D eigenvalue weighted by Crippen LogP contribution is 2.36. The van der Waals surface area contributed by atoms with Crippen molar-refractivity contribution in [2.75, 3.05) is 31.6 Å². The monoisotopic (exact) mass is 436 g/mol. The smallest absolute Gasteiger partial charge is 0.228 e. The summed E-state index contributed by atoms with van der Waals surface area (Å²) in [7, 11) is 1.90. The Labute approximate surface area is 188 Å². The van der Waals surface area contributed by atoms with E-state index in [0.29, 0.717) is 25.1 Å². The van der Waals surface area contributed by atoms with Gasteiger partial charge in [0.2, 0.25) is 5.95 Å². The van der Waals surface area contributed by atoms with Gasteiger partial charge in [0.15, 0.2) is 0 Å². The summed E-state index contributed by atoms with van der Waals surface area (Å²) in [4.78, 5) is 11.7. The van der Waals surface area contributed by atoms with E-state index in [-0.39, 0.29) is 5.54 Å². The summed E-state index contributed by atoms with van der Waals surface area (Å²) in [5, 5.41) is 19.1. The number of benzene rings is 1. The number of rotatable bonds is 4. The molecule has 4 heterocycles. The Morgan fingerprint density at radius 2 is 1.97 bits per heavy atom. The average molecular weight is 437 g/mol. The lowest BCUT2D eigenvalue weighted by atomic mass is 9.84. The van der Waals surface area contributed by atoms with Gasteiger partial charge in [0.25, 0.3) is 0 Å². The van der Waals surface area contributed by atoms with Gasteiger partial charge in [-0.1, -0.05) is 0 Å². The zero-order chi connectivity index (χ0) is 22.5. The summed E-state index contributed by atoms with van der Waals surface area (Å²) in [6, 6.07) is 6.42. The molecule has 0 amide bonds. The van der Waals surface area contributed by atoms with Crippen LogP contribution in [-0.4, -0.2) is 67.7 Å². The summed E-state index contributed by atoms with van der Waals surface area (Å²) in [6.07, 6.45) is 3.61. The molecule has 0 spiro atoms. The van der Waals surface area contributed by atoms with E-state index in [1.807, 2.05) is 26.2 Å². The van der Waals surface area contributed by atoms with Gasteiger partial charge in [-0.05, 0) is 75.9 Å². The van der Waals surface area contributed by atoms with Crippen LogP contribution in [0, 0.1) is 13.8 Å². The van der Waals surface area contributed by atoms with Crippen LogP contribution in [0.5, 0.6) is 0 Å². The highest BCUT2D eigenvalue weighted by molar-refractivity contribution is 5.81. The molecule has 2 fully saturated rings. The minimum Gasteiger partial charge on any atom is -0.389 e. The molecule has 0 saturated carbocycles. The van der Waals surface area contributed by atoms with Gasteiger partial charge in [-0.25, -0.2) is 9.97 Å². The first-order valence-corrected chi connectivity index (χ1v) is 11.4. The van der Waals surface area contributed by atoms with Gasteiger partial charge < -0.3 is 15.2 Å². The van der Waals surface area contributed by atoms with Crippen molar-refractivity contribution in [2.24, 2.45) is 7.05 Å². The first-order valence-electron chi connectivity index (χ1n) is 11.4.